The van der Waals surface area contributed by atoms with Crippen molar-refractivity contribution in [3.8, 4) is 0 Å². The summed E-state index contributed by atoms with van der Waals surface area (Å²) in [6, 6.07) is 7.49. The second-order valence-electron chi connectivity index (χ2n) is 4.67. The molecule has 1 aromatic carbocycles. The predicted molar refractivity (Wildman–Crippen MR) is 81.9 cm³/mol. The molecule has 0 fully saturated rings. The summed E-state index contributed by atoms with van der Waals surface area (Å²) in [5.74, 6) is -0.328. The standard InChI is InChI=1S/C16H21NO5/c1-19-10-11-22-12-21-9-8-17-7-6-13-14(16(18)20-2)4-3-5-15(13)17/h3-7H,8-12H2,1-2H3. The average molecular weight is 307 g/mol. The largest absolute Gasteiger partial charge is 0.465 e. The van der Waals surface area contributed by atoms with E-state index < -0.39 is 0 Å². The van der Waals surface area contributed by atoms with E-state index in [1.807, 2.05) is 29.0 Å². The molecule has 0 radical (unpaired) electrons. The molecule has 22 heavy (non-hydrogen) atoms. The third-order valence-electron chi connectivity index (χ3n) is 3.29. The van der Waals surface area contributed by atoms with Gasteiger partial charge in [0.05, 0.1) is 32.5 Å². The molecule has 0 bridgehead atoms. The Bertz CT molecular complexity index is 608. The highest BCUT2D eigenvalue weighted by molar-refractivity contribution is 6.03. The number of esters is 1. The van der Waals surface area contributed by atoms with Gasteiger partial charge in [-0.2, -0.15) is 0 Å². The molecule has 120 valence electrons. The van der Waals surface area contributed by atoms with E-state index in [4.69, 9.17) is 18.9 Å². The lowest BCUT2D eigenvalue weighted by molar-refractivity contribution is -0.0672. The highest BCUT2D eigenvalue weighted by Crippen LogP contribution is 2.21. The van der Waals surface area contributed by atoms with Crippen molar-refractivity contribution in [2.75, 3.05) is 40.8 Å². The molecule has 0 saturated carbocycles. The molecule has 0 N–H and O–H groups in total. The Morgan fingerprint density at radius 3 is 2.68 bits per heavy atom. The minimum absolute atomic E-state index is 0.246. The molecule has 0 unspecified atom stereocenters. The first-order valence-corrected chi connectivity index (χ1v) is 7.08. The first kappa shape index (κ1) is 16.5. The summed E-state index contributed by atoms with van der Waals surface area (Å²) in [4.78, 5) is 11.7. The van der Waals surface area contributed by atoms with Gasteiger partial charge in [0, 0.05) is 30.8 Å². The Hall–Kier alpha value is -1.89. The summed E-state index contributed by atoms with van der Waals surface area (Å²) < 4.78 is 22.4. The van der Waals surface area contributed by atoms with Crippen molar-refractivity contribution in [1.82, 2.24) is 4.57 Å². The van der Waals surface area contributed by atoms with Crippen LogP contribution in [0, 0.1) is 0 Å². The molecular formula is C16H21NO5. The molecule has 6 heteroatoms. The molecule has 0 aliphatic rings. The van der Waals surface area contributed by atoms with Crippen LogP contribution in [0.1, 0.15) is 10.4 Å². The molecule has 0 spiro atoms. The molecule has 0 aliphatic heterocycles. The Morgan fingerprint density at radius 1 is 1.09 bits per heavy atom. The fraction of sp³-hybridized carbons (Fsp3) is 0.438. The molecule has 1 heterocycles. The van der Waals surface area contributed by atoms with Crippen LogP contribution in [-0.4, -0.2) is 51.4 Å². The van der Waals surface area contributed by atoms with E-state index in [-0.39, 0.29) is 12.8 Å². The van der Waals surface area contributed by atoms with Gasteiger partial charge in [-0.15, -0.1) is 0 Å². The number of rotatable bonds is 9. The molecular weight excluding hydrogens is 286 g/mol. The molecule has 1 aromatic heterocycles. The summed E-state index contributed by atoms with van der Waals surface area (Å²) in [6.07, 6.45) is 1.94. The minimum Gasteiger partial charge on any atom is -0.465 e. The number of benzene rings is 1. The SMILES string of the molecule is COCCOCOCCn1ccc2c(C(=O)OC)cccc21. The van der Waals surface area contributed by atoms with Crippen molar-refractivity contribution >= 4 is 16.9 Å². The zero-order chi connectivity index (χ0) is 15.8. The third-order valence-corrected chi connectivity index (χ3v) is 3.29. The smallest absolute Gasteiger partial charge is 0.338 e. The second-order valence-corrected chi connectivity index (χ2v) is 4.67. The Kier molecular flexibility index (Phi) is 6.39. The lowest BCUT2D eigenvalue weighted by Gasteiger charge is -2.08. The number of nitrogens with zero attached hydrogens (tertiary/aromatic N) is 1. The number of ether oxygens (including phenoxy) is 4. The van der Waals surface area contributed by atoms with Gasteiger partial charge in [-0.3, -0.25) is 0 Å². The van der Waals surface area contributed by atoms with Gasteiger partial charge in [-0.05, 0) is 18.2 Å². The molecule has 0 amide bonds. The van der Waals surface area contributed by atoms with E-state index in [0.717, 1.165) is 10.9 Å². The Morgan fingerprint density at radius 2 is 1.91 bits per heavy atom. The van der Waals surface area contributed by atoms with E-state index in [2.05, 4.69) is 0 Å². The van der Waals surface area contributed by atoms with Gasteiger partial charge in [-0.1, -0.05) is 6.07 Å². The van der Waals surface area contributed by atoms with Gasteiger partial charge >= 0.3 is 5.97 Å². The highest BCUT2D eigenvalue weighted by Gasteiger charge is 2.12. The van der Waals surface area contributed by atoms with Gasteiger partial charge in [0.1, 0.15) is 6.79 Å². The number of aromatic nitrogens is 1. The molecule has 2 rings (SSSR count). The highest BCUT2D eigenvalue weighted by atomic mass is 16.7. The summed E-state index contributed by atoms with van der Waals surface area (Å²) in [7, 11) is 3.01. The van der Waals surface area contributed by atoms with E-state index in [1.165, 1.54) is 7.11 Å². The van der Waals surface area contributed by atoms with Gasteiger partial charge < -0.3 is 23.5 Å². The first-order chi connectivity index (χ1) is 10.8. The number of carbonyl (C=O) groups is 1. The van der Waals surface area contributed by atoms with E-state index >= 15 is 0 Å². The maximum absolute atomic E-state index is 11.7. The van der Waals surface area contributed by atoms with Crippen LogP contribution in [0.5, 0.6) is 0 Å². The Labute approximate surface area is 129 Å². The lowest BCUT2D eigenvalue weighted by Crippen LogP contribution is -2.10. The monoisotopic (exact) mass is 307 g/mol. The predicted octanol–water partition coefficient (Wildman–Crippen LogP) is 2.06. The first-order valence-electron chi connectivity index (χ1n) is 7.08. The average Bonchev–Trinajstić information content (AvgIpc) is 2.96. The number of hydrogen-bond acceptors (Lipinski definition) is 5. The van der Waals surface area contributed by atoms with Gasteiger partial charge in [0.25, 0.3) is 0 Å². The van der Waals surface area contributed by atoms with E-state index in [0.29, 0.717) is 31.9 Å². The molecule has 2 aromatic rings. The summed E-state index contributed by atoms with van der Waals surface area (Å²) in [6.45, 7) is 2.53. The van der Waals surface area contributed by atoms with E-state index in [1.54, 1.807) is 13.2 Å². The van der Waals surface area contributed by atoms with Crippen LogP contribution in [-0.2, 0) is 25.5 Å². The van der Waals surface area contributed by atoms with Crippen LogP contribution < -0.4 is 0 Å². The summed E-state index contributed by atoms with van der Waals surface area (Å²) in [5, 5.41) is 0.880. The minimum atomic E-state index is -0.328. The molecule has 0 atom stereocenters. The topological polar surface area (TPSA) is 58.9 Å². The van der Waals surface area contributed by atoms with Crippen LogP contribution in [0.15, 0.2) is 30.5 Å². The Balaban J connectivity index is 1.91. The second kappa shape index (κ2) is 8.53. The number of methoxy groups -OCH3 is 2. The summed E-state index contributed by atoms with van der Waals surface area (Å²) >= 11 is 0. The van der Waals surface area contributed by atoms with Crippen LogP contribution in [0.25, 0.3) is 10.9 Å². The maximum atomic E-state index is 11.7. The lowest BCUT2D eigenvalue weighted by atomic mass is 10.1. The van der Waals surface area contributed by atoms with Gasteiger partial charge in [0.2, 0.25) is 0 Å². The fourth-order valence-electron chi connectivity index (χ4n) is 2.19. The fourth-order valence-corrected chi connectivity index (χ4v) is 2.19. The van der Waals surface area contributed by atoms with E-state index in [9.17, 15) is 4.79 Å². The zero-order valence-corrected chi connectivity index (χ0v) is 12.9. The molecule has 0 aliphatic carbocycles. The quantitative estimate of drug-likeness (QED) is 0.403. The van der Waals surface area contributed by atoms with Crippen LogP contribution in [0.2, 0.25) is 0 Å². The van der Waals surface area contributed by atoms with Crippen molar-refractivity contribution in [3.63, 3.8) is 0 Å². The van der Waals surface area contributed by atoms with Crippen LogP contribution in [0.4, 0.5) is 0 Å². The van der Waals surface area contributed by atoms with Gasteiger partial charge in [-0.25, -0.2) is 4.79 Å². The summed E-state index contributed by atoms with van der Waals surface area (Å²) in [5.41, 5.74) is 1.55. The van der Waals surface area contributed by atoms with Crippen LogP contribution in [0.3, 0.4) is 0 Å². The van der Waals surface area contributed by atoms with Crippen molar-refractivity contribution in [2.45, 2.75) is 6.54 Å². The zero-order valence-electron chi connectivity index (χ0n) is 12.9. The van der Waals surface area contributed by atoms with Crippen molar-refractivity contribution in [2.24, 2.45) is 0 Å². The van der Waals surface area contributed by atoms with Crippen LogP contribution >= 0.6 is 0 Å². The third kappa shape index (κ3) is 4.07. The normalized spacial score (nSPS) is 11.0. The van der Waals surface area contributed by atoms with Crippen molar-refractivity contribution < 1.29 is 23.7 Å². The van der Waals surface area contributed by atoms with Crippen molar-refractivity contribution in [3.05, 3.63) is 36.0 Å². The number of hydrogen-bond donors (Lipinski definition) is 0. The molecule has 0 saturated heterocycles. The number of carbonyl (C=O) groups excluding carboxylic acids is 1. The maximum Gasteiger partial charge on any atom is 0.338 e. The van der Waals surface area contributed by atoms with Crippen molar-refractivity contribution in [1.29, 1.82) is 0 Å². The molecule has 6 nitrogen and oxygen atoms in total. The van der Waals surface area contributed by atoms with Gasteiger partial charge in [0.15, 0.2) is 0 Å². The number of fused-ring (bicyclic) bond motifs is 1.